The number of carbonyl (C=O) groups excluding carboxylic acids is 1. The van der Waals surface area contributed by atoms with E-state index in [2.05, 4.69) is 25.3 Å². The first-order valence-corrected chi connectivity index (χ1v) is 11.1. The van der Waals surface area contributed by atoms with Crippen molar-refractivity contribution in [1.29, 1.82) is 0 Å². The first-order chi connectivity index (χ1) is 13.6. The Hall–Kier alpha value is -2.20. The van der Waals surface area contributed by atoms with Crippen molar-refractivity contribution in [2.75, 3.05) is 18.4 Å². The van der Waals surface area contributed by atoms with Gasteiger partial charge in [0, 0.05) is 37.5 Å². The van der Waals surface area contributed by atoms with E-state index in [1.165, 1.54) is 18.3 Å². The lowest BCUT2D eigenvalue weighted by Gasteiger charge is -2.23. The van der Waals surface area contributed by atoms with Gasteiger partial charge in [0.05, 0.1) is 15.1 Å². The third kappa shape index (κ3) is 4.44. The Morgan fingerprint density at radius 1 is 1.29 bits per heavy atom. The van der Waals surface area contributed by atoms with Crippen molar-refractivity contribution >= 4 is 43.6 Å². The molecular weight excluding hydrogens is 394 g/mol. The Morgan fingerprint density at radius 3 is 2.96 bits per heavy atom. The van der Waals surface area contributed by atoms with Crippen LogP contribution in [-0.4, -0.2) is 39.2 Å². The molecule has 0 radical (unpaired) electrons. The summed E-state index contributed by atoms with van der Waals surface area (Å²) >= 11 is 1.43. The van der Waals surface area contributed by atoms with Crippen molar-refractivity contribution in [2.45, 2.75) is 30.7 Å². The summed E-state index contributed by atoms with van der Waals surface area (Å²) in [5, 5.41) is 6.62. The molecule has 3 aromatic rings. The van der Waals surface area contributed by atoms with Crippen LogP contribution in [0, 0.1) is 0 Å². The molecule has 2 unspecified atom stereocenters. The topological polar surface area (TPSA) is 96.0 Å². The molecule has 1 amide bonds. The average molecular weight is 416 g/mol. The highest BCUT2D eigenvalue weighted by atomic mass is 32.2. The second-order valence-corrected chi connectivity index (χ2v) is 9.00. The summed E-state index contributed by atoms with van der Waals surface area (Å²) in [4.78, 5) is 20.6. The highest BCUT2D eigenvalue weighted by Crippen LogP contribution is 2.30. The van der Waals surface area contributed by atoms with Crippen LogP contribution < -0.4 is 15.4 Å². The fourth-order valence-electron chi connectivity index (χ4n) is 3.16. The van der Waals surface area contributed by atoms with Crippen LogP contribution in [0.15, 0.2) is 41.6 Å². The number of pyridine rings is 1. The molecule has 1 aliphatic heterocycles. The predicted octanol–water partition coefficient (Wildman–Crippen LogP) is 2.68. The fourth-order valence-corrected chi connectivity index (χ4v) is 5.14. The maximum atomic E-state index is 12.7. The Labute approximate surface area is 169 Å². The zero-order valence-electron chi connectivity index (χ0n) is 15.4. The molecular formula is C19H21N5O2S2. The smallest absolute Gasteiger partial charge is 0.223 e. The summed E-state index contributed by atoms with van der Waals surface area (Å²) in [5.74, 6) is -0.140. The van der Waals surface area contributed by atoms with Crippen LogP contribution in [-0.2, 0) is 15.8 Å². The zero-order valence-corrected chi connectivity index (χ0v) is 17.0. The van der Waals surface area contributed by atoms with E-state index >= 15 is 0 Å². The van der Waals surface area contributed by atoms with Crippen molar-refractivity contribution in [3.05, 3.63) is 36.7 Å². The minimum absolute atomic E-state index is 0.140. The number of piperidine rings is 1. The van der Waals surface area contributed by atoms with Gasteiger partial charge in [-0.2, -0.15) is 0 Å². The Kier molecular flexibility index (Phi) is 5.77. The van der Waals surface area contributed by atoms with Gasteiger partial charge >= 0.3 is 0 Å². The van der Waals surface area contributed by atoms with E-state index in [0.29, 0.717) is 10.0 Å². The minimum atomic E-state index is -1.30. The molecule has 146 valence electrons. The average Bonchev–Trinajstić information content (AvgIpc) is 3.09. The molecule has 4 rings (SSSR count). The Balaban J connectivity index is 1.56. The molecule has 28 heavy (non-hydrogen) atoms. The number of fused-ring (bicyclic) bond motifs is 1. The van der Waals surface area contributed by atoms with Gasteiger partial charge in [0.2, 0.25) is 5.91 Å². The monoisotopic (exact) mass is 415 g/mol. The Morgan fingerprint density at radius 2 is 2.18 bits per heavy atom. The van der Waals surface area contributed by atoms with Gasteiger partial charge in [0.1, 0.15) is 11.0 Å². The van der Waals surface area contributed by atoms with Crippen LogP contribution in [0.25, 0.3) is 21.3 Å². The van der Waals surface area contributed by atoms with E-state index in [4.69, 9.17) is 0 Å². The molecule has 1 aliphatic rings. The number of rotatable bonds is 5. The lowest BCUT2D eigenvalue weighted by atomic mass is 10.1. The quantitative estimate of drug-likeness (QED) is 0.595. The van der Waals surface area contributed by atoms with Crippen molar-refractivity contribution in [3.63, 3.8) is 0 Å². The van der Waals surface area contributed by atoms with Crippen LogP contribution in [0.2, 0.25) is 0 Å². The van der Waals surface area contributed by atoms with Gasteiger partial charge < -0.3 is 10.6 Å². The third-order valence-electron chi connectivity index (χ3n) is 4.50. The summed E-state index contributed by atoms with van der Waals surface area (Å²) in [6.45, 7) is 3.31. The van der Waals surface area contributed by atoms with E-state index in [1.54, 1.807) is 12.4 Å². The summed E-state index contributed by atoms with van der Waals surface area (Å²) < 4.78 is 16.9. The molecule has 3 N–H and O–H groups in total. The number of anilines is 1. The normalized spacial score (nSPS) is 18.1. The number of nitrogens with one attached hydrogen (secondary N) is 3. The van der Waals surface area contributed by atoms with Crippen molar-refractivity contribution in [1.82, 2.24) is 20.0 Å². The molecule has 1 fully saturated rings. The van der Waals surface area contributed by atoms with Gasteiger partial charge in [-0.3, -0.25) is 9.78 Å². The van der Waals surface area contributed by atoms with Gasteiger partial charge in [-0.05, 0) is 43.1 Å². The molecule has 0 aliphatic carbocycles. The molecule has 2 atom stereocenters. The molecule has 1 saturated heterocycles. The number of thiazole rings is 1. The molecule has 9 heteroatoms. The van der Waals surface area contributed by atoms with E-state index in [-0.39, 0.29) is 11.9 Å². The van der Waals surface area contributed by atoms with Crippen LogP contribution in [0.1, 0.15) is 19.8 Å². The van der Waals surface area contributed by atoms with Gasteiger partial charge in [0.15, 0.2) is 5.13 Å². The molecule has 0 bridgehead atoms. The number of hydrogen-bond donors (Lipinski definition) is 3. The molecule has 0 spiro atoms. The standard InChI is InChI=1S/C19H21N5O2S2/c1-12(25)22-19-23-17-5-4-13(8-18(17)27-19)14-7-16(11-21-9-14)28(26)24-15-3-2-6-20-10-15/h4-5,7-9,11,15,20,24H,2-3,6,10H2,1H3,(H,22,23,25). The number of aromatic nitrogens is 2. The van der Waals surface area contributed by atoms with Crippen LogP contribution in [0.5, 0.6) is 0 Å². The van der Waals surface area contributed by atoms with Crippen molar-refractivity contribution in [3.8, 4) is 11.1 Å². The molecule has 0 saturated carbocycles. The molecule has 2 aromatic heterocycles. The summed E-state index contributed by atoms with van der Waals surface area (Å²) in [7, 11) is -1.30. The highest BCUT2D eigenvalue weighted by Gasteiger charge is 2.16. The summed E-state index contributed by atoms with van der Waals surface area (Å²) in [6.07, 6.45) is 5.51. The van der Waals surface area contributed by atoms with Gasteiger partial charge in [-0.1, -0.05) is 17.4 Å². The number of hydrogen-bond acceptors (Lipinski definition) is 6. The number of benzene rings is 1. The number of nitrogens with zero attached hydrogens (tertiary/aromatic N) is 2. The molecule has 3 heterocycles. The summed E-state index contributed by atoms with van der Waals surface area (Å²) in [5.41, 5.74) is 2.69. The SMILES string of the molecule is CC(=O)Nc1nc2ccc(-c3cncc(S(=O)NC4CCCNC4)c3)cc2s1. The predicted molar refractivity (Wildman–Crippen MR) is 113 cm³/mol. The second-order valence-electron chi connectivity index (χ2n) is 6.72. The summed E-state index contributed by atoms with van der Waals surface area (Å²) in [6, 6.07) is 8.01. The first kappa shape index (κ1) is 19.1. The van der Waals surface area contributed by atoms with E-state index in [9.17, 15) is 9.00 Å². The van der Waals surface area contributed by atoms with Crippen LogP contribution >= 0.6 is 11.3 Å². The maximum absolute atomic E-state index is 12.7. The van der Waals surface area contributed by atoms with Crippen molar-refractivity contribution in [2.24, 2.45) is 0 Å². The lowest BCUT2D eigenvalue weighted by molar-refractivity contribution is -0.114. The van der Waals surface area contributed by atoms with Crippen molar-refractivity contribution < 1.29 is 9.00 Å². The second kappa shape index (κ2) is 8.44. The maximum Gasteiger partial charge on any atom is 0.223 e. The lowest BCUT2D eigenvalue weighted by Crippen LogP contribution is -2.43. The van der Waals surface area contributed by atoms with Crippen LogP contribution in [0.4, 0.5) is 5.13 Å². The third-order valence-corrected chi connectivity index (χ3v) is 6.63. The number of carbonyl (C=O) groups is 1. The van der Waals surface area contributed by atoms with Gasteiger partial charge in [0.25, 0.3) is 0 Å². The van der Waals surface area contributed by atoms with Gasteiger partial charge in [-0.25, -0.2) is 13.9 Å². The minimum Gasteiger partial charge on any atom is -0.315 e. The van der Waals surface area contributed by atoms with E-state index in [1.807, 2.05) is 24.3 Å². The van der Waals surface area contributed by atoms with E-state index in [0.717, 1.165) is 47.3 Å². The van der Waals surface area contributed by atoms with E-state index < -0.39 is 11.0 Å². The first-order valence-electron chi connectivity index (χ1n) is 9.11. The molecule has 1 aromatic carbocycles. The Bertz CT molecular complexity index is 1030. The highest BCUT2D eigenvalue weighted by molar-refractivity contribution is 7.83. The molecule has 7 nitrogen and oxygen atoms in total. The fraction of sp³-hybridized carbons (Fsp3) is 0.316. The zero-order chi connectivity index (χ0) is 19.5. The number of amides is 1. The van der Waals surface area contributed by atoms with Gasteiger partial charge in [-0.15, -0.1) is 0 Å². The van der Waals surface area contributed by atoms with Crippen LogP contribution in [0.3, 0.4) is 0 Å². The largest absolute Gasteiger partial charge is 0.315 e.